The van der Waals surface area contributed by atoms with E-state index in [9.17, 15) is 28.8 Å². The lowest BCUT2D eigenvalue weighted by Gasteiger charge is -2.00. The van der Waals surface area contributed by atoms with Crippen LogP contribution in [0.5, 0.6) is 0 Å². The largest absolute Gasteiger partial charge is 0.481 e. The van der Waals surface area contributed by atoms with Crippen molar-refractivity contribution in [2.75, 3.05) is 66.1 Å². The van der Waals surface area contributed by atoms with Gasteiger partial charge in [0.05, 0.1) is 66.1 Å². The molecule has 114 heavy (non-hydrogen) atoms. The van der Waals surface area contributed by atoms with Gasteiger partial charge in [0.15, 0.2) is 0 Å². The highest BCUT2D eigenvalue weighted by atomic mass is 16.4. The highest BCUT2D eigenvalue weighted by Gasteiger charge is 2.04. The summed E-state index contributed by atoms with van der Waals surface area (Å²) in [5, 5.41) is 171. The van der Waals surface area contributed by atoms with Gasteiger partial charge in [-0.15, -0.1) is 0 Å². The van der Waals surface area contributed by atoms with Crippen LogP contribution in [0.3, 0.4) is 0 Å². The summed E-state index contributed by atoms with van der Waals surface area (Å²) in [6.07, 6.45) is 64.1. The van der Waals surface area contributed by atoms with Crippen LogP contribution < -0.4 is 0 Å². The predicted octanol–water partition coefficient (Wildman–Crippen LogP) is 15.6. The van der Waals surface area contributed by atoms with E-state index < -0.39 is 66.3 Å². The summed E-state index contributed by atoms with van der Waals surface area (Å²) in [6.45, 7) is 9.72. The highest BCUT2D eigenvalue weighted by molar-refractivity contribution is 5.68. The quantitative estimate of drug-likeness (QED) is 0.0251. The van der Waals surface area contributed by atoms with E-state index in [1.54, 1.807) is 0 Å². The summed E-state index contributed by atoms with van der Waals surface area (Å²) in [7, 11) is 0. The van der Waals surface area contributed by atoms with Gasteiger partial charge >= 0.3 is 35.8 Å². The zero-order valence-corrected chi connectivity index (χ0v) is 73.2. The van der Waals surface area contributed by atoms with Crippen molar-refractivity contribution >= 4 is 35.8 Å². The Hall–Kier alpha value is -3.78. The molecule has 0 bridgehead atoms. The first-order chi connectivity index (χ1) is 54.7. The Morgan fingerprint density at radius 3 is 0.272 bits per heavy atom. The number of carboxylic acid groups (broad SMARTS) is 6. The van der Waals surface area contributed by atoms with Crippen LogP contribution in [0.2, 0.25) is 0 Å². The predicted molar refractivity (Wildman–Crippen MR) is 458 cm³/mol. The van der Waals surface area contributed by atoms with Crippen LogP contribution >= 0.6 is 0 Å². The van der Waals surface area contributed by atoms with Crippen molar-refractivity contribution in [1.29, 1.82) is 0 Å². The molecule has 0 rings (SSSR count). The van der Waals surface area contributed by atoms with Crippen LogP contribution in [0.4, 0.5) is 0 Å². The smallest absolute Gasteiger partial charge is 0.303 e. The number of aliphatic hydroxyl groups excluding tert-OH is 15. The monoisotopic (exact) mass is 1660 g/mol. The van der Waals surface area contributed by atoms with Crippen molar-refractivity contribution in [1.82, 2.24) is 0 Å². The number of hydrogen-bond donors (Lipinski definition) is 21. The lowest BCUT2D eigenvalue weighted by Crippen LogP contribution is -2.15. The molecule has 0 aromatic heterocycles. The third kappa shape index (κ3) is 184. The summed E-state index contributed by atoms with van der Waals surface area (Å²) < 4.78 is 0. The van der Waals surface area contributed by atoms with Gasteiger partial charge in [0.2, 0.25) is 0 Å². The molecule has 21 N–H and O–H groups in total. The van der Waals surface area contributed by atoms with Gasteiger partial charge in [0, 0.05) is 38.5 Å². The van der Waals surface area contributed by atoms with Crippen molar-refractivity contribution in [3.05, 3.63) is 0 Å². The summed E-state index contributed by atoms with van der Waals surface area (Å²) >= 11 is 0. The molecule has 0 aromatic carbocycles. The van der Waals surface area contributed by atoms with E-state index in [0.29, 0.717) is 38.5 Å². The Balaban J connectivity index is -0.000000116. The lowest BCUT2D eigenvalue weighted by molar-refractivity contribution is -0.138. The first-order valence-electron chi connectivity index (χ1n) is 44.5. The fraction of sp³-hybridized carbons (Fsp3) is 0.931. The second-order valence-corrected chi connectivity index (χ2v) is 28.9. The average Bonchev–Trinajstić information content (AvgIpc) is 1.56. The number of aliphatic carboxylic acids is 6. The molecule has 0 saturated heterocycles. The summed E-state index contributed by atoms with van der Waals surface area (Å²) in [4.78, 5) is 61.2. The number of rotatable bonds is 70. The topological polar surface area (TPSA) is 527 Å². The molecule has 27 heteroatoms. The number of aliphatic hydroxyl groups is 15. The van der Waals surface area contributed by atoms with Crippen LogP contribution in [-0.2, 0) is 28.8 Å². The van der Waals surface area contributed by atoms with E-state index in [-0.39, 0.29) is 66.1 Å². The minimum Gasteiger partial charge on any atom is -0.481 e. The van der Waals surface area contributed by atoms with E-state index in [0.717, 1.165) is 77.0 Å². The highest BCUT2D eigenvalue weighted by Crippen LogP contribution is 2.16. The van der Waals surface area contributed by atoms with Crippen LogP contribution in [0.25, 0.3) is 0 Å². The zero-order valence-electron chi connectivity index (χ0n) is 73.2. The van der Waals surface area contributed by atoms with Crippen LogP contribution in [0, 0.1) is 0 Å². The first-order valence-corrected chi connectivity index (χ1v) is 44.5. The van der Waals surface area contributed by atoms with E-state index in [1.165, 1.54) is 270 Å². The van der Waals surface area contributed by atoms with Crippen LogP contribution in [0.1, 0.15) is 427 Å². The number of unbranched alkanes of at least 4 members (excludes halogenated alkanes) is 48. The third-order valence-electron chi connectivity index (χ3n) is 17.1. The summed E-state index contributed by atoms with van der Waals surface area (Å²) in [6, 6.07) is 0. The van der Waals surface area contributed by atoms with E-state index >= 15 is 0 Å². The lowest BCUT2D eigenvalue weighted by atomic mass is 10.1. The second kappa shape index (κ2) is 130. The maximum Gasteiger partial charge on any atom is 0.303 e. The summed E-state index contributed by atoms with van der Waals surface area (Å²) in [5.74, 6) is -3.96. The van der Waals surface area contributed by atoms with Crippen LogP contribution in [0.15, 0.2) is 0 Å². The molecule has 0 unspecified atom stereocenters. The van der Waals surface area contributed by atoms with Crippen molar-refractivity contribution in [3.63, 3.8) is 0 Å². The maximum atomic E-state index is 10.2. The molecular formula is C87H184O27. The minimum absolute atomic E-state index is 0.343. The van der Waals surface area contributed by atoms with E-state index in [2.05, 4.69) is 41.5 Å². The third-order valence-corrected chi connectivity index (χ3v) is 17.1. The van der Waals surface area contributed by atoms with Crippen molar-refractivity contribution in [2.24, 2.45) is 0 Å². The molecule has 0 aliphatic rings. The van der Waals surface area contributed by atoms with Gasteiger partial charge in [-0.1, -0.05) is 350 Å². The second-order valence-electron chi connectivity index (χ2n) is 28.9. The maximum absolute atomic E-state index is 10.2. The van der Waals surface area contributed by atoms with E-state index in [1.807, 2.05) is 0 Å². The van der Waals surface area contributed by atoms with Gasteiger partial charge in [0.1, 0.15) is 30.5 Å². The average molecular weight is 1660 g/mol. The van der Waals surface area contributed by atoms with Crippen molar-refractivity contribution in [3.8, 4) is 0 Å². The van der Waals surface area contributed by atoms with Gasteiger partial charge in [0.25, 0.3) is 0 Å². The van der Waals surface area contributed by atoms with Gasteiger partial charge in [-0.2, -0.15) is 0 Å². The molecule has 694 valence electrons. The zero-order chi connectivity index (χ0) is 88.8. The van der Waals surface area contributed by atoms with Gasteiger partial charge < -0.3 is 107 Å². The Labute approximate surface area is 692 Å². The van der Waals surface area contributed by atoms with Crippen molar-refractivity contribution in [2.45, 2.75) is 457 Å². The van der Waals surface area contributed by atoms with Gasteiger partial charge in [-0.05, 0) is 38.5 Å². The molecular weight excluding hydrogens is 1480 g/mol. The fourth-order valence-electron chi connectivity index (χ4n) is 9.81. The molecule has 0 atom stereocenters. The Bertz CT molecular complexity index is 1410. The molecule has 0 aliphatic heterocycles. The SMILES string of the molecule is CCCCCCCCCCCC(=O)O.CCCCCCCCCCCC(=O)O.CCCCCCCCCCCC(=O)O.CCCCCCCCCCCC(=O)O.CCCCCCCCCCCC(=O)O.CCCCCCCCCCCC(=O)O.OCC(O)CO.OCC(O)CO.OCC(O)CO.OCC(O)CO.OCC(O)CO. The molecule has 0 spiro atoms. The summed E-state index contributed by atoms with van der Waals surface area (Å²) in [5.41, 5.74) is 0. The molecule has 0 radical (unpaired) electrons. The molecule has 0 fully saturated rings. The minimum atomic E-state index is -0.954. The normalized spacial score (nSPS) is 10.3. The standard InChI is InChI=1S/6C12H24O2.5C3H8O3/c6*1-2-3-4-5-6-7-8-9-10-11-12(13)14;5*4-1-3(6)2-5/h6*2-11H2,1H3,(H,13,14);5*3-6H,1-2H2. The Kier molecular flexibility index (Phi) is 152. The molecule has 0 saturated carbocycles. The molecule has 0 aromatic rings. The first kappa shape index (κ1) is 134. The van der Waals surface area contributed by atoms with E-state index in [4.69, 9.17) is 107 Å². The number of hydrogen-bond acceptors (Lipinski definition) is 21. The number of carbonyl (C=O) groups is 6. The van der Waals surface area contributed by atoms with Gasteiger partial charge in [-0.25, -0.2) is 0 Å². The van der Waals surface area contributed by atoms with Crippen molar-refractivity contribution < 1.29 is 136 Å². The Morgan fingerprint density at radius 1 is 0.149 bits per heavy atom. The fourth-order valence-corrected chi connectivity index (χ4v) is 9.81. The van der Waals surface area contributed by atoms with Gasteiger partial charge in [-0.3, -0.25) is 28.8 Å². The van der Waals surface area contributed by atoms with Crippen LogP contribution in [-0.4, -0.2) is 240 Å². The molecule has 0 aliphatic carbocycles. The molecule has 0 heterocycles. The Morgan fingerprint density at radius 2 is 0.219 bits per heavy atom. The molecule has 0 amide bonds. The molecule has 27 nitrogen and oxygen atoms in total. The number of carboxylic acids is 6.